The van der Waals surface area contributed by atoms with E-state index in [-0.39, 0.29) is 30.1 Å². The van der Waals surface area contributed by atoms with Gasteiger partial charge in [-0.3, -0.25) is 9.59 Å². The monoisotopic (exact) mass is 426 g/mol. The predicted octanol–water partition coefficient (Wildman–Crippen LogP) is 4.07. The van der Waals surface area contributed by atoms with Gasteiger partial charge in [0.2, 0.25) is 5.91 Å². The van der Waals surface area contributed by atoms with Crippen molar-refractivity contribution in [3.05, 3.63) is 65.5 Å². The van der Waals surface area contributed by atoms with Crippen LogP contribution in [0.4, 0.5) is 4.39 Å². The number of carbonyl (C=O) groups excluding carboxylic acids is 2. The maximum absolute atomic E-state index is 13.0. The lowest BCUT2D eigenvalue weighted by Gasteiger charge is -2.34. The van der Waals surface area contributed by atoms with Crippen molar-refractivity contribution in [1.82, 2.24) is 10.2 Å². The van der Waals surface area contributed by atoms with Crippen molar-refractivity contribution >= 4 is 11.8 Å². The SMILES string of the molecule is CC(Oc1ccc(C(C)C)cc1)C(=O)N1CCC(NC(=O)Cc2ccc(F)cc2)CC1. The first kappa shape index (κ1) is 22.8. The van der Waals surface area contributed by atoms with Gasteiger partial charge in [0.1, 0.15) is 11.6 Å². The van der Waals surface area contributed by atoms with E-state index in [1.807, 2.05) is 24.3 Å². The Morgan fingerprint density at radius 3 is 2.23 bits per heavy atom. The number of ether oxygens (including phenoxy) is 1. The minimum atomic E-state index is -0.561. The Morgan fingerprint density at radius 2 is 1.65 bits per heavy atom. The number of carbonyl (C=O) groups is 2. The first-order valence-electron chi connectivity index (χ1n) is 10.9. The minimum Gasteiger partial charge on any atom is -0.481 e. The second-order valence-corrected chi connectivity index (χ2v) is 8.45. The fourth-order valence-electron chi connectivity index (χ4n) is 3.75. The lowest BCUT2D eigenvalue weighted by Crippen LogP contribution is -2.49. The number of amides is 2. The summed E-state index contributed by atoms with van der Waals surface area (Å²) in [7, 11) is 0. The summed E-state index contributed by atoms with van der Waals surface area (Å²) < 4.78 is 18.8. The van der Waals surface area contributed by atoms with E-state index in [2.05, 4.69) is 19.2 Å². The van der Waals surface area contributed by atoms with Crippen LogP contribution in [0, 0.1) is 5.82 Å². The number of hydrogen-bond donors (Lipinski definition) is 1. The summed E-state index contributed by atoms with van der Waals surface area (Å²) in [6, 6.07) is 13.8. The van der Waals surface area contributed by atoms with Crippen molar-refractivity contribution < 1.29 is 18.7 Å². The molecule has 2 aromatic rings. The van der Waals surface area contributed by atoms with E-state index >= 15 is 0 Å². The van der Waals surface area contributed by atoms with Crippen molar-refractivity contribution in [2.45, 2.75) is 58.1 Å². The summed E-state index contributed by atoms with van der Waals surface area (Å²) in [5.41, 5.74) is 2.01. The molecule has 0 spiro atoms. The topological polar surface area (TPSA) is 58.6 Å². The normalized spacial score (nSPS) is 15.6. The number of rotatable bonds is 7. The smallest absolute Gasteiger partial charge is 0.263 e. The largest absolute Gasteiger partial charge is 0.481 e. The molecule has 31 heavy (non-hydrogen) atoms. The summed E-state index contributed by atoms with van der Waals surface area (Å²) >= 11 is 0. The summed E-state index contributed by atoms with van der Waals surface area (Å²) in [6.07, 6.45) is 1.07. The van der Waals surface area contributed by atoms with Crippen molar-refractivity contribution in [3.8, 4) is 5.75 Å². The molecule has 1 atom stereocenters. The van der Waals surface area contributed by atoms with Gasteiger partial charge in [-0.15, -0.1) is 0 Å². The van der Waals surface area contributed by atoms with Crippen LogP contribution >= 0.6 is 0 Å². The number of likely N-dealkylation sites (tertiary alicyclic amines) is 1. The van der Waals surface area contributed by atoms with E-state index in [0.717, 1.165) is 5.56 Å². The lowest BCUT2D eigenvalue weighted by molar-refractivity contribution is -0.139. The van der Waals surface area contributed by atoms with E-state index in [9.17, 15) is 14.0 Å². The fourth-order valence-corrected chi connectivity index (χ4v) is 3.75. The van der Waals surface area contributed by atoms with Crippen LogP contribution in [0.15, 0.2) is 48.5 Å². The van der Waals surface area contributed by atoms with Crippen LogP contribution < -0.4 is 10.1 Å². The molecule has 5 nitrogen and oxygen atoms in total. The summed E-state index contributed by atoms with van der Waals surface area (Å²) in [5.74, 6) is 0.702. The molecule has 166 valence electrons. The molecule has 1 unspecified atom stereocenters. The second kappa shape index (κ2) is 10.4. The molecule has 0 aliphatic carbocycles. The van der Waals surface area contributed by atoms with Gasteiger partial charge in [0, 0.05) is 19.1 Å². The van der Waals surface area contributed by atoms with Crippen molar-refractivity contribution in [2.75, 3.05) is 13.1 Å². The summed E-state index contributed by atoms with van der Waals surface area (Å²) in [6.45, 7) is 7.21. The zero-order chi connectivity index (χ0) is 22.4. The van der Waals surface area contributed by atoms with E-state index < -0.39 is 6.10 Å². The maximum atomic E-state index is 13.0. The Labute approximate surface area is 183 Å². The molecular formula is C25H31FN2O3. The predicted molar refractivity (Wildman–Crippen MR) is 118 cm³/mol. The highest BCUT2D eigenvalue weighted by Crippen LogP contribution is 2.20. The highest BCUT2D eigenvalue weighted by atomic mass is 19.1. The minimum absolute atomic E-state index is 0.0379. The molecule has 0 bridgehead atoms. The first-order chi connectivity index (χ1) is 14.8. The van der Waals surface area contributed by atoms with Gasteiger partial charge in [-0.2, -0.15) is 0 Å². The molecule has 0 aromatic heterocycles. The zero-order valence-electron chi connectivity index (χ0n) is 18.4. The Balaban J connectivity index is 1.43. The molecule has 0 saturated carbocycles. The number of benzene rings is 2. The number of halogens is 1. The van der Waals surface area contributed by atoms with Crippen LogP contribution in [0.5, 0.6) is 5.75 Å². The van der Waals surface area contributed by atoms with Crippen molar-refractivity contribution in [2.24, 2.45) is 0 Å². The van der Waals surface area contributed by atoms with Crippen molar-refractivity contribution in [3.63, 3.8) is 0 Å². The molecular weight excluding hydrogens is 395 g/mol. The number of piperidine rings is 1. The van der Waals surface area contributed by atoms with Crippen molar-refractivity contribution in [1.29, 1.82) is 0 Å². The molecule has 2 amide bonds. The van der Waals surface area contributed by atoms with Gasteiger partial charge in [0.25, 0.3) is 5.91 Å². The Morgan fingerprint density at radius 1 is 1.03 bits per heavy atom. The number of nitrogens with zero attached hydrogens (tertiary/aromatic N) is 1. The van der Waals surface area contributed by atoms with Crippen LogP contribution in [0.3, 0.4) is 0 Å². The summed E-state index contributed by atoms with van der Waals surface area (Å²) in [5, 5.41) is 3.02. The molecule has 1 N–H and O–H groups in total. The molecule has 1 saturated heterocycles. The van der Waals surface area contributed by atoms with Gasteiger partial charge in [-0.05, 0) is 61.1 Å². The summed E-state index contributed by atoms with van der Waals surface area (Å²) in [4.78, 5) is 26.8. The average Bonchev–Trinajstić information content (AvgIpc) is 2.75. The Hall–Kier alpha value is -2.89. The van der Waals surface area contributed by atoms with Gasteiger partial charge in [0.15, 0.2) is 6.10 Å². The first-order valence-corrected chi connectivity index (χ1v) is 10.9. The highest BCUT2D eigenvalue weighted by Gasteiger charge is 2.27. The standard InChI is InChI=1S/C25H31FN2O3/c1-17(2)20-6-10-23(11-7-20)31-18(3)25(30)28-14-12-22(13-15-28)27-24(29)16-19-4-8-21(26)9-5-19/h4-11,17-18,22H,12-16H2,1-3H3,(H,27,29). The number of hydrogen-bond acceptors (Lipinski definition) is 3. The third-order valence-corrected chi connectivity index (χ3v) is 5.66. The number of nitrogens with one attached hydrogen (secondary N) is 1. The lowest BCUT2D eigenvalue weighted by atomic mass is 10.0. The molecule has 0 radical (unpaired) electrons. The zero-order valence-corrected chi connectivity index (χ0v) is 18.4. The van der Waals surface area contributed by atoms with Crippen LogP contribution in [-0.2, 0) is 16.0 Å². The molecule has 3 rings (SSSR count). The molecule has 1 aliphatic heterocycles. The molecule has 1 aliphatic rings. The maximum Gasteiger partial charge on any atom is 0.263 e. The van der Waals surface area contributed by atoms with Gasteiger partial charge >= 0.3 is 0 Å². The van der Waals surface area contributed by atoms with Gasteiger partial charge in [-0.25, -0.2) is 4.39 Å². The van der Waals surface area contributed by atoms with Crippen LogP contribution in [0.25, 0.3) is 0 Å². The molecule has 1 fully saturated rings. The second-order valence-electron chi connectivity index (χ2n) is 8.45. The molecule has 1 heterocycles. The van der Waals surface area contributed by atoms with E-state index in [0.29, 0.717) is 37.6 Å². The Kier molecular flexibility index (Phi) is 7.66. The van der Waals surface area contributed by atoms with Crippen LogP contribution in [0.2, 0.25) is 0 Å². The third-order valence-electron chi connectivity index (χ3n) is 5.66. The Bertz CT molecular complexity index is 873. The highest BCUT2D eigenvalue weighted by molar-refractivity contribution is 5.81. The third kappa shape index (κ3) is 6.54. The molecule has 6 heteroatoms. The van der Waals surface area contributed by atoms with E-state index in [1.54, 1.807) is 24.0 Å². The van der Waals surface area contributed by atoms with Crippen LogP contribution in [0.1, 0.15) is 50.7 Å². The average molecular weight is 427 g/mol. The molecule has 2 aromatic carbocycles. The van der Waals surface area contributed by atoms with Gasteiger partial charge in [-0.1, -0.05) is 38.1 Å². The van der Waals surface area contributed by atoms with E-state index in [4.69, 9.17) is 4.74 Å². The quantitative estimate of drug-likeness (QED) is 0.726. The van der Waals surface area contributed by atoms with E-state index in [1.165, 1.54) is 17.7 Å². The van der Waals surface area contributed by atoms with Gasteiger partial charge < -0.3 is 15.0 Å². The van der Waals surface area contributed by atoms with Gasteiger partial charge in [0.05, 0.1) is 6.42 Å². The van der Waals surface area contributed by atoms with Crippen LogP contribution in [-0.4, -0.2) is 41.9 Å². The fraction of sp³-hybridized carbons (Fsp3) is 0.440.